The number of ether oxygens (including phenoxy) is 3. The number of methoxy groups -OCH3 is 1. The topological polar surface area (TPSA) is 65.1 Å². The van der Waals surface area contributed by atoms with Crippen molar-refractivity contribution in [2.75, 3.05) is 7.11 Å². The highest BCUT2D eigenvalue weighted by molar-refractivity contribution is 5.73. The van der Waals surface area contributed by atoms with Crippen LogP contribution in [-0.2, 0) is 23.8 Å². The lowest BCUT2D eigenvalue weighted by atomic mass is 9.44. The zero-order valence-corrected chi connectivity index (χ0v) is 17.7. The first-order valence-electron chi connectivity index (χ1n) is 11.2. The summed E-state index contributed by atoms with van der Waals surface area (Å²) in [6.07, 6.45) is 8.72. The fourth-order valence-electron chi connectivity index (χ4n) is 8.50. The van der Waals surface area contributed by atoms with E-state index in [4.69, 9.17) is 14.2 Å². The Morgan fingerprint density at radius 3 is 2.54 bits per heavy atom. The van der Waals surface area contributed by atoms with E-state index in [1.54, 1.807) is 0 Å². The Labute approximate surface area is 167 Å². The molecule has 156 valence electrons. The van der Waals surface area contributed by atoms with Crippen LogP contribution in [0.2, 0.25) is 0 Å². The van der Waals surface area contributed by atoms with E-state index >= 15 is 0 Å². The highest BCUT2D eigenvalue weighted by Gasteiger charge is 2.76. The average molecular weight is 391 g/mol. The molecule has 1 spiro atoms. The van der Waals surface area contributed by atoms with E-state index in [1.807, 2.05) is 0 Å². The first-order chi connectivity index (χ1) is 13.2. The van der Waals surface area contributed by atoms with Crippen molar-refractivity contribution in [3.8, 4) is 0 Å². The highest BCUT2D eigenvalue weighted by atomic mass is 16.6. The van der Waals surface area contributed by atoms with Gasteiger partial charge in [-0.25, -0.2) is 0 Å². The number of carbonyl (C=O) groups excluding carboxylic acids is 2. The second-order valence-electron chi connectivity index (χ2n) is 10.7. The summed E-state index contributed by atoms with van der Waals surface area (Å²) in [6, 6.07) is 0. The molecule has 0 aromatic carbocycles. The smallest absolute Gasteiger partial charge is 0.309 e. The largest absolute Gasteiger partial charge is 0.469 e. The Morgan fingerprint density at radius 2 is 1.82 bits per heavy atom. The van der Waals surface area contributed by atoms with Gasteiger partial charge in [-0.1, -0.05) is 13.8 Å². The van der Waals surface area contributed by atoms with E-state index in [-0.39, 0.29) is 40.4 Å². The van der Waals surface area contributed by atoms with Crippen LogP contribution in [0.4, 0.5) is 0 Å². The van der Waals surface area contributed by atoms with Crippen molar-refractivity contribution in [3.05, 3.63) is 0 Å². The molecule has 1 heterocycles. The molecule has 0 radical (unpaired) electrons. The van der Waals surface area contributed by atoms with Gasteiger partial charge in [0.15, 0.2) is 0 Å². The van der Waals surface area contributed by atoms with Crippen LogP contribution in [-0.4, -0.2) is 36.9 Å². The number of rotatable bonds is 2. The third kappa shape index (κ3) is 2.28. The number of hydrogen-bond donors (Lipinski definition) is 0. The molecule has 5 fully saturated rings. The van der Waals surface area contributed by atoms with Crippen LogP contribution in [0, 0.1) is 34.5 Å². The van der Waals surface area contributed by atoms with E-state index < -0.39 is 0 Å². The van der Waals surface area contributed by atoms with Gasteiger partial charge in [-0.05, 0) is 68.1 Å². The fraction of sp³-hybridized carbons (Fsp3) is 0.913. The molecule has 5 aliphatic rings. The quantitative estimate of drug-likeness (QED) is 0.529. The molecule has 0 amide bonds. The Morgan fingerprint density at radius 1 is 1.04 bits per heavy atom. The molecule has 28 heavy (non-hydrogen) atoms. The maximum atomic E-state index is 12.4. The number of epoxide rings is 1. The van der Waals surface area contributed by atoms with Gasteiger partial charge < -0.3 is 14.2 Å². The number of fused-ring (bicyclic) bond motifs is 4. The summed E-state index contributed by atoms with van der Waals surface area (Å²) in [4.78, 5) is 23.9. The fourth-order valence-corrected chi connectivity index (χ4v) is 8.50. The minimum Gasteiger partial charge on any atom is -0.469 e. The van der Waals surface area contributed by atoms with E-state index in [0.717, 1.165) is 44.9 Å². The molecule has 5 rings (SSSR count). The highest BCUT2D eigenvalue weighted by Crippen LogP contribution is 2.74. The van der Waals surface area contributed by atoms with Gasteiger partial charge in [-0.2, -0.15) is 0 Å². The normalized spacial score (nSPS) is 53.9. The number of esters is 2. The van der Waals surface area contributed by atoms with Crippen molar-refractivity contribution in [1.29, 1.82) is 0 Å². The van der Waals surface area contributed by atoms with Crippen LogP contribution in [0.15, 0.2) is 0 Å². The Hall–Kier alpha value is -1.10. The van der Waals surface area contributed by atoms with Crippen molar-refractivity contribution >= 4 is 11.9 Å². The van der Waals surface area contributed by atoms with Crippen LogP contribution in [0.25, 0.3) is 0 Å². The van der Waals surface area contributed by atoms with Crippen LogP contribution in [0.1, 0.15) is 72.1 Å². The van der Waals surface area contributed by atoms with Gasteiger partial charge in [0, 0.05) is 18.8 Å². The maximum Gasteiger partial charge on any atom is 0.309 e. The van der Waals surface area contributed by atoms with Gasteiger partial charge >= 0.3 is 11.9 Å². The first-order valence-corrected chi connectivity index (χ1v) is 11.2. The predicted octanol–water partition coefficient (Wildman–Crippen LogP) is 3.88. The Bertz CT molecular complexity index is 705. The van der Waals surface area contributed by atoms with Crippen LogP contribution in [0.3, 0.4) is 0 Å². The molecule has 4 saturated carbocycles. The van der Waals surface area contributed by atoms with Crippen LogP contribution in [0.5, 0.6) is 0 Å². The zero-order chi connectivity index (χ0) is 19.9. The van der Waals surface area contributed by atoms with Gasteiger partial charge in [-0.15, -0.1) is 0 Å². The summed E-state index contributed by atoms with van der Waals surface area (Å²) in [5.41, 5.74) is 0.164. The second kappa shape index (κ2) is 5.96. The van der Waals surface area contributed by atoms with Crippen molar-refractivity contribution < 1.29 is 23.8 Å². The molecule has 0 aromatic rings. The lowest BCUT2D eigenvalue weighted by Gasteiger charge is -2.59. The van der Waals surface area contributed by atoms with Crippen molar-refractivity contribution in [1.82, 2.24) is 0 Å². The second-order valence-corrected chi connectivity index (χ2v) is 10.7. The summed E-state index contributed by atoms with van der Waals surface area (Å²) in [7, 11) is 1.53. The molecule has 5 heteroatoms. The molecule has 9 atom stereocenters. The van der Waals surface area contributed by atoms with Crippen LogP contribution >= 0.6 is 0 Å². The van der Waals surface area contributed by atoms with E-state index in [9.17, 15) is 9.59 Å². The molecule has 0 N–H and O–H groups in total. The minimum absolute atomic E-state index is 0.00983. The molecule has 1 aliphatic heterocycles. The molecular formula is C23H34O5. The first kappa shape index (κ1) is 18.9. The summed E-state index contributed by atoms with van der Waals surface area (Å²) in [5.74, 6) is 1.76. The Kier molecular flexibility index (Phi) is 4.02. The van der Waals surface area contributed by atoms with Gasteiger partial charge in [0.1, 0.15) is 11.7 Å². The van der Waals surface area contributed by atoms with E-state index in [2.05, 4.69) is 13.8 Å². The molecule has 1 saturated heterocycles. The molecule has 0 bridgehead atoms. The Balaban J connectivity index is 1.41. The molecule has 0 unspecified atom stereocenters. The van der Waals surface area contributed by atoms with Gasteiger partial charge in [0.25, 0.3) is 0 Å². The monoisotopic (exact) mass is 390 g/mol. The molecular weight excluding hydrogens is 356 g/mol. The van der Waals surface area contributed by atoms with Crippen molar-refractivity contribution in [2.24, 2.45) is 34.5 Å². The molecule has 4 aliphatic carbocycles. The van der Waals surface area contributed by atoms with Crippen molar-refractivity contribution in [3.63, 3.8) is 0 Å². The predicted molar refractivity (Wildman–Crippen MR) is 102 cm³/mol. The number of hydrogen-bond acceptors (Lipinski definition) is 5. The van der Waals surface area contributed by atoms with E-state index in [1.165, 1.54) is 20.5 Å². The third-order valence-corrected chi connectivity index (χ3v) is 9.86. The molecule has 5 nitrogen and oxygen atoms in total. The zero-order valence-electron chi connectivity index (χ0n) is 17.7. The lowest BCUT2D eigenvalue weighted by Crippen LogP contribution is -2.59. The summed E-state index contributed by atoms with van der Waals surface area (Å²) < 4.78 is 17.2. The molecule has 0 aromatic heterocycles. The maximum absolute atomic E-state index is 12.4. The SMILES string of the molecule is COC(=O)[C@H]1CC[C@H]2[C@@H]3C[C@@H]4O[C@@]45C[C@@H](OC(C)=O)CC[C@]5(C)[C@H]3CC[C@]12C. The van der Waals surface area contributed by atoms with Gasteiger partial charge in [-0.3, -0.25) is 9.59 Å². The standard InChI is InChI=1S/C23H34O5/c1-13(24)27-14-7-10-22(3)17-8-9-21(2)16(5-6-18(21)20(25)26-4)15(17)11-19-23(22,12-14)28-19/h14-19H,5-12H2,1-4H3/t14-,15-,16-,17-,18+,19-,21-,22+,23-/m0/s1. The van der Waals surface area contributed by atoms with Gasteiger partial charge in [0.05, 0.1) is 19.1 Å². The average Bonchev–Trinajstić information content (AvgIpc) is 3.22. The van der Waals surface area contributed by atoms with E-state index in [0.29, 0.717) is 23.9 Å². The summed E-state index contributed by atoms with van der Waals surface area (Å²) >= 11 is 0. The summed E-state index contributed by atoms with van der Waals surface area (Å²) in [6.45, 7) is 6.30. The van der Waals surface area contributed by atoms with Gasteiger partial charge in [0.2, 0.25) is 0 Å². The third-order valence-electron chi connectivity index (χ3n) is 9.86. The lowest BCUT2D eigenvalue weighted by molar-refractivity contribution is -0.161. The summed E-state index contributed by atoms with van der Waals surface area (Å²) in [5, 5.41) is 0. The van der Waals surface area contributed by atoms with Crippen molar-refractivity contribution in [2.45, 2.75) is 89.9 Å². The minimum atomic E-state index is -0.177. The number of carbonyl (C=O) groups is 2. The van der Waals surface area contributed by atoms with Crippen LogP contribution < -0.4 is 0 Å².